The lowest BCUT2D eigenvalue weighted by molar-refractivity contribution is 0.267. The van der Waals surface area contributed by atoms with E-state index in [2.05, 4.69) is 10.1 Å². The summed E-state index contributed by atoms with van der Waals surface area (Å²) < 4.78 is 26.4. The molecule has 0 saturated heterocycles. The first-order valence-corrected chi connectivity index (χ1v) is 9.20. The molecule has 2 aromatic heterocycles. The molecule has 0 fully saturated rings. The van der Waals surface area contributed by atoms with Crippen molar-refractivity contribution in [1.82, 2.24) is 19.8 Å². The fourth-order valence-corrected chi connectivity index (χ4v) is 3.21. The monoisotopic (exact) mass is 392 g/mol. The maximum atomic E-state index is 14.3. The molecule has 0 N–H and O–H groups in total. The average molecular weight is 392 g/mol. The molecule has 0 aliphatic heterocycles. The molecular weight excluding hydrogens is 371 g/mol. The maximum Gasteiger partial charge on any atom is 0.150 e. The van der Waals surface area contributed by atoms with Crippen molar-refractivity contribution in [3.8, 4) is 22.7 Å². The number of methoxy groups -OCH3 is 1. The van der Waals surface area contributed by atoms with Gasteiger partial charge >= 0.3 is 0 Å². The van der Waals surface area contributed by atoms with Crippen LogP contribution < -0.4 is 4.74 Å². The Morgan fingerprint density at radius 3 is 2.55 bits per heavy atom. The number of hydrogen-bond acceptors (Lipinski definition) is 5. The largest absolute Gasteiger partial charge is 0.497 e. The van der Waals surface area contributed by atoms with Crippen molar-refractivity contribution < 1.29 is 13.7 Å². The minimum Gasteiger partial charge on any atom is -0.497 e. The summed E-state index contributed by atoms with van der Waals surface area (Å²) in [7, 11) is 3.62. The minimum absolute atomic E-state index is 0.321. The summed E-state index contributed by atoms with van der Waals surface area (Å²) in [6.45, 7) is 1.21. The number of aromatic nitrogens is 3. The Labute approximate surface area is 168 Å². The molecule has 29 heavy (non-hydrogen) atoms. The van der Waals surface area contributed by atoms with Gasteiger partial charge in [0.2, 0.25) is 0 Å². The smallest absolute Gasteiger partial charge is 0.150 e. The van der Waals surface area contributed by atoms with Gasteiger partial charge in [0.05, 0.1) is 25.5 Å². The van der Waals surface area contributed by atoms with Gasteiger partial charge in [0.1, 0.15) is 17.3 Å². The number of rotatable bonds is 7. The van der Waals surface area contributed by atoms with Crippen LogP contribution in [0, 0.1) is 5.82 Å². The van der Waals surface area contributed by atoms with E-state index in [9.17, 15) is 4.39 Å². The quantitative estimate of drug-likeness (QED) is 0.469. The summed E-state index contributed by atoms with van der Waals surface area (Å²) in [4.78, 5) is 2.09. The van der Waals surface area contributed by atoms with E-state index < -0.39 is 0 Å². The molecule has 6 nitrogen and oxygen atoms in total. The van der Waals surface area contributed by atoms with Crippen molar-refractivity contribution in [2.24, 2.45) is 0 Å². The third-order valence-electron chi connectivity index (χ3n) is 4.61. The molecule has 0 saturated carbocycles. The third-order valence-corrected chi connectivity index (χ3v) is 4.61. The lowest BCUT2D eigenvalue weighted by Crippen LogP contribution is -2.17. The Balaban J connectivity index is 1.69. The summed E-state index contributed by atoms with van der Waals surface area (Å²) in [5.41, 5.74) is 3.11. The predicted molar refractivity (Wildman–Crippen MR) is 107 cm³/mol. The molecule has 0 aliphatic carbocycles. The Morgan fingerprint density at radius 1 is 1.07 bits per heavy atom. The van der Waals surface area contributed by atoms with Crippen LogP contribution in [0.25, 0.3) is 16.9 Å². The van der Waals surface area contributed by atoms with Crippen LogP contribution in [-0.2, 0) is 13.1 Å². The normalized spacial score (nSPS) is 11.2. The van der Waals surface area contributed by atoms with Crippen molar-refractivity contribution in [3.63, 3.8) is 0 Å². The summed E-state index contributed by atoms with van der Waals surface area (Å²) in [6, 6.07) is 16.1. The van der Waals surface area contributed by atoms with Gasteiger partial charge in [0.15, 0.2) is 5.76 Å². The van der Waals surface area contributed by atoms with Gasteiger partial charge in [-0.15, -0.1) is 0 Å². The molecule has 7 heteroatoms. The zero-order valence-corrected chi connectivity index (χ0v) is 16.2. The number of nitrogens with zero attached hydrogens (tertiary/aromatic N) is 4. The number of ether oxygens (including phenoxy) is 1. The molecule has 4 aromatic rings. The molecule has 2 aromatic carbocycles. The highest BCUT2D eigenvalue weighted by molar-refractivity contribution is 5.64. The highest BCUT2D eigenvalue weighted by Gasteiger charge is 2.16. The average Bonchev–Trinajstić information content (AvgIpc) is 3.38. The Hall–Kier alpha value is -3.45. The number of hydrogen-bond donors (Lipinski definition) is 0. The molecular formula is C22H21FN4O2. The van der Waals surface area contributed by atoms with Crippen LogP contribution in [0.15, 0.2) is 71.5 Å². The van der Waals surface area contributed by atoms with E-state index in [0.717, 1.165) is 28.3 Å². The second-order valence-corrected chi connectivity index (χ2v) is 6.78. The molecule has 0 bridgehead atoms. The van der Waals surface area contributed by atoms with Crippen LogP contribution in [0.4, 0.5) is 4.39 Å². The molecule has 0 radical (unpaired) electrons. The van der Waals surface area contributed by atoms with Crippen molar-refractivity contribution in [2.45, 2.75) is 13.1 Å². The first kappa shape index (κ1) is 18.9. The topological polar surface area (TPSA) is 56.3 Å². The van der Waals surface area contributed by atoms with Gasteiger partial charge in [0.25, 0.3) is 0 Å². The minimum atomic E-state index is -0.321. The summed E-state index contributed by atoms with van der Waals surface area (Å²) in [5, 5.41) is 8.44. The SMILES string of the molecule is COc1ccc(-c2nn(-c3ccccc3F)cc2CN(C)Cc2ccno2)cc1. The van der Waals surface area contributed by atoms with Crippen LogP contribution >= 0.6 is 0 Å². The highest BCUT2D eigenvalue weighted by Crippen LogP contribution is 2.27. The summed E-state index contributed by atoms with van der Waals surface area (Å²) in [6.07, 6.45) is 3.50. The first-order valence-electron chi connectivity index (χ1n) is 9.20. The Bertz CT molecular complexity index is 1070. The summed E-state index contributed by atoms with van der Waals surface area (Å²) in [5.74, 6) is 1.23. The van der Waals surface area contributed by atoms with Crippen molar-refractivity contribution >= 4 is 0 Å². The van der Waals surface area contributed by atoms with E-state index in [-0.39, 0.29) is 5.82 Å². The Morgan fingerprint density at radius 2 is 1.86 bits per heavy atom. The first-order chi connectivity index (χ1) is 14.1. The van der Waals surface area contributed by atoms with Crippen LogP contribution in [0.3, 0.4) is 0 Å². The van der Waals surface area contributed by atoms with Gasteiger partial charge in [-0.3, -0.25) is 4.90 Å². The van der Waals surface area contributed by atoms with Gasteiger partial charge < -0.3 is 9.26 Å². The number of para-hydroxylation sites is 1. The standard InChI is InChI=1S/C22H21FN4O2/c1-26(15-19-11-12-24-29-19)13-17-14-27(21-6-4-3-5-20(21)23)25-22(17)16-7-9-18(28-2)10-8-16/h3-12,14H,13,15H2,1-2H3. The van der Waals surface area contributed by atoms with Gasteiger partial charge in [0, 0.05) is 29.9 Å². The van der Waals surface area contributed by atoms with Crippen molar-refractivity contribution in [2.75, 3.05) is 14.2 Å². The molecule has 0 atom stereocenters. The molecule has 0 unspecified atom stereocenters. The van der Waals surface area contributed by atoms with Crippen molar-refractivity contribution in [1.29, 1.82) is 0 Å². The third kappa shape index (κ3) is 4.20. The van der Waals surface area contributed by atoms with Gasteiger partial charge in [-0.2, -0.15) is 5.10 Å². The molecule has 0 spiro atoms. The summed E-state index contributed by atoms with van der Waals surface area (Å²) >= 11 is 0. The maximum absolute atomic E-state index is 14.3. The van der Waals surface area contributed by atoms with E-state index in [1.807, 2.05) is 43.6 Å². The van der Waals surface area contributed by atoms with Gasteiger partial charge in [-0.1, -0.05) is 17.3 Å². The number of benzene rings is 2. The fourth-order valence-electron chi connectivity index (χ4n) is 3.21. The molecule has 0 amide bonds. The lowest BCUT2D eigenvalue weighted by atomic mass is 10.1. The molecule has 4 rings (SSSR count). The lowest BCUT2D eigenvalue weighted by Gasteiger charge is -2.14. The van der Waals surface area contributed by atoms with Crippen LogP contribution in [0.1, 0.15) is 11.3 Å². The zero-order chi connectivity index (χ0) is 20.2. The molecule has 148 valence electrons. The van der Waals surface area contributed by atoms with E-state index in [4.69, 9.17) is 14.4 Å². The second-order valence-electron chi connectivity index (χ2n) is 6.78. The number of halogens is 1. The van der Waals surface area contributed by atoms with Gasteiger partial charge in [-0.25, -0.2) is 9.07 Å². The second kappa shape index (κ2) is 8.28. The molecule has 2 heterocycles. The zero-order valence-electron chi connectivity index (χ0n) is 16.2. The predicted octanol–water partition coefficient (Wildman–Crippen LogP) is 4.31. The highest BCUT2D eigenvalue weighted by atomic mass is 19.1. The van der Waals surface area contributed by atoms with E-state index in [1.54, 1.807) is 36.2 Å². The van der Waals surface area contributed by atoms with E-state index in [0.29, 0.717) is 18.8 Å². The van der Waals surface area contributed by atoms with Crippen molar-refractivity contribution in [3.05, 3.63) is 84.1 Å². The van der Waals surface area contributed by atoms with Crippen LogP contribution in [0.5, 0.6) is 5.75 Å². The van der Waals surface area contributed by atoms with Crippen LogP contribution in [0.2, 0.25) is 0 Å². The van der Waals surface area contributed by atoms with Crippen LogP contribution in [-0.4, -0.2) is 34.0 Å². The van der Waals surface area contributed by atoms with E-state index >= 15 is 0 Å². The Kier molecular flexibility index (Phi) is 5.39. The van der Waals surface area contributed by atoms with E-state index in [1.165, 1.54) is 6.07 Å². The molecule has 0 aliphatic rings. The fraction of sp³-hybridized carbons (Fsp3) is 0.182. The van der Waals surface area contributed by atoms with Gasteiger partial charge in [-0.05, 0) is 43.4 Å².